The van der Waals surface area contributed by atoms with Gasteiger partial charge in [0, 0.05) is 0 Å². The van der Waals surface area contributed by atoms with E-state index in [0.29, 0.717) is 6.61 Å². The number of carbonyl (C=O) groups excluding carboxylic acids is 1. The SMILES string of the molecule is CCOC(=O)[C@@H](Br)[C@H](C)O[Si](C)(C)C(C)(C)C. The van der Waals surface area contributed by atoms with Gasteiger partial charge in [-0.15, -0.1) is 0 Å². The van der Waals surface area contributed by atoms with Crippen LogP contribution in [0.1, 0.15) is 34.6 Å². The highest BCUT2D eigenvalue weighted by molar-refractivity contribution is 9.10. The molecule has 0 amide bonds. The Balaban J connectivity index is 4.54. The summed E-state index contributed by atoms with van der Waals surface area (Å²) in [6.45, 7) is 15.0. The first-order chi connectivity index (χ1) is 7.53. The summed E-state index contributed by atoms with van der Waals surface area (Å²) in [4.78, 5) is 11.2. The minimum atomic E-state index is -1.84. The summed E-state index contributed by atoms with van der Waals surface area (Å²) >= 11 is 3.35. The third-order valence-electron chi connectivity index (χ3n) is 3.21. The van der Waals surface area contributed by atoms with Crippen molar-refractivity contribution in [3.05, 3.63) is 0 Å². The van der Waals surface area contributed by atoms with E-state index < -0.39 is 13.1 Å². The maximum atomic E-state index is 11.6. The highest BCUT2D eigenvalue weighted by atomic mass is 79.9. The fourth-order valence-corrected chi connectivity index (χ4v) is 2.97. The Hall–Kier alpha value is 0.127. The van der Waals surface area contributed by atoms with E-state index >= 15 is 0 Å². The van der Waals surface area contributed by atoms with E-state index in [0.717, 1.165) is 0 Å². The number of hydrogen-bond donors (Lipinski definition) is 0. The minimum absolute atomic E-state index is 0.142. The monoisotopic (exact) mass is 324 g/mol. The second-order valence-electron chi connectivity index (χ2n) is 5.74. The van der Waals surface area contributed by atoms with Crippen LogP contribution in [0.3, 0.4) is 0 Å². The van der Waals surface area contributed by atoms with Gasteiger partial charge in [0.1, 0.15) is 4.83 Å². The van der Waals surface area contributed by atoms with Crippen LogP contribution >= 0.6 is 15.9 Å². The van der Waals surface area contributed by atoms with Gasteiger partial charge in [-0.1, -0.05) is 36.7 Å². The van der Waals surface area contributed by atoms with Crippen molar-refractivity contribution in [3.8, 4) is 0 Å². The van der Waals surface area contributed by atoms with Crippen LogP contribution in [0, 0.1) is 0 Å². The van der Waals surface area contributed by atoms with Crippen LogP contribution in [0.25, 0.3) is 0 Å². The Bertz CT molecular complexity index is 261. The average Bonchev–Trinajstić information content (AvgIpc) is 2.14. The van der Waals surface area contributed by atoms with E-state index in [4.69, 9.17) is 9.16 Å². The average molecular weight is 325 g/mol. The van der Waals surface area contributed by atoms with Crippen LogP contribution in [0.2, 0.25) is 18.1 Å². The Morgan fingerprint density at radius 2 is 1.82 bits per heavy atom. The van der Waals surface area contributed by atoms with Crippen LogP contribution in [-0.4, -0.2) is 31.8 Å². The third-order valence-corrected chi connectivity index (χ3v) is 8.90. The Kier molecular flexibility index (Phi) is 6.39. The molecule has 0 saturated carbocycles. The molecule has 0 aromatic heterocycles. The molecule has 3 nitrogen and oxygen atoms in total. The number of esters is 1. The molecule has 0 spiro atoms. The quantitative estimate of drug-likeness (QED) is 0.439. The van der Waals surface area contributed by atoms with Gasteiger partial charge >= 0.3 is 5.97 Å². The molecule has 17 heavy (non-hydrogen) atoms. The molecule has 0 aromatic rings. The minimum Gasteiger partial charge on any atom is -0.465 e. The summed E-state index contributed by atoms with van der Waals surface area (Å²) in [5.74, 6) is -0.251. The van der Waals surface area contributed by atoms with Crippen LogP contribution in [0.5, 0.6) is 0 Å². The maximum absolute atomic E-state index is 11.6. The highest BCUT2D eigenvalue weighted by Crippen LogP contribution is 2.38. The number of ether oxygens (including phenoxy) is 1. The number of carbonyl (C=O) groups is 1. The predicted octanol–water partition coefficient (Wildman–Crippen LogP) is 3.72. The lowest BCUT2D eigenvalue weighted by molar-refractivity contribution is -0.143. The second-order valence-corrected chi connectivity index (χ2v) is 11.5. The molecule has 0 radical (unpaired) electrons. The van der Waals surface area contributed by atoms with Crippen LogP contribution in [0.4, 0.5) is 0 Å². The summed E-state index contributed by atoms with van der Waals surface area (Å²) in [7, 11) is -1.84. The van der Waals surface area contributed by atoms with Crippen molar-refractivity contribution in [2.45, 2.75) is 63.7 Å². The second kappa shape index (κ2) is 6.34. The van der Waals surface area contributed by atoms with Gasteiger partial charge in [0.25, 0.3) is 0 Å². The molecule has 0 heterocycles. The molecule has 5 heteroatoms. The van der Waals surface area contributed by atoms with Crippen molar-refractivity contribution >= 4 is 30.2 Å². The molecular formula is C12H25BrO3Si. The van der Waals surface area contributed by atoms with Gasteiger partial charge in [-0.25, -0.2) is 0 Å². The van der Waals surface area contributed by atoms with E-state index in [1.807, 2.05) is 6.92 Å². The molecule has 0 unspecified atom stereocenters. The molecule has 0 saturated heterocycles. The Morgan fingerprint density at radius 3 is 2.18 bits per heavy atom. The molecule has 0 aliphatic heterocycles. The zero-order chi connectivity index (χ0) is 13.9. The molecule has 2 atom stereocenters. The lowest BCUT2D eigenvalue weighted by Gasteiger charge is -2.39. The number of hydrogen-bond acceptors (Lipinski definition) is 3. The predicted molar refractivity (Wildman–Crippen MR) is 77.1 cm³/mol. The normalized spacial score (nSPS) is 16.5. The molecule has 0 fully saturated rings. The summed E-state index contributed by atoms with van der Waals surface area (Å²) < 4.78 is 11.1. The van der Waals surface area contributed by atoms with Crippen molar-refractivity contribution in [1.29, 1.82) is 0 Å². The van der Waals surface area contributed by atoms with Crippen molar-refractivity contribution in [3.63, 3.8) is 0 Å². The summed E-state index contributed by atoms with van der Waals surface area (Å²) in [5, 5.41) is 0.142. The van der Waals surface area contributed by atoms with E-state index in [-0.39, 0.29) is 17.1 Å². The number of alkyl halides is 1. The van der Waals surface area contributed by atoms with E-state index in [9.17, 15) is 4.79 Å². The molecule has 0 aliphatic carbocycles. The van der Waals surface area contributed by atoms with Gasteiger partial charge in [-0.3, -0.25) is 4.79 Å². The lowest BCUT2D eigenvalue weighted by atomic mass is 10.2. The van der Waals surface area contributed by atoms with Gasteiger partial charge in [0.15, 0.2) is 8.32 Å². The summed E-state index contributed by atoms with van der Waals surface area (Å²) in [5.41, 5.74) is 0. The molecular weight excluding hydrogens is 300 g/mol. The largest absolute Gasteiger partial charge is 0.465 e. The molecule has 0 bridgehead atoms. The lowest BCUT2D eigenvalue weighted by Crippen LogP contribution is -2.46. The van der Waals surface area contributed by atoms with Gasteiger partial charge in [0.2, 0.25) is 0 Å². The fourth-order valence-electron chi connectivity index (χ4n) is 1.11. The first-order valence-corrected chi connectivity index (χ1v) is 9.84. The van der Waals surface area contributed by atoms with Crippen molar-refractivity contribution in [2.24, 2.45) is 0 Å². The maximum Gasteiger partial charge on any atom is 0.322 e. The number of halogens is 1. The Morgan fingerprint density at radius 1 is 1.35 bits per heavy atom. The van der Waals surface area contributed by atoms with E-state index in [1.165, 1.54) is 0 Å². The van der Waals surface area contributed by atoms with Gasteiger partial charge in [-0.05, 0) is 32.0 Å². The van der Waals surface area contributed by atoms with Gasteiger partial charge in [0.05, 0.1) is 12.7 Å². The zero-order valence-corrected chi connectivity index (χ0v) is 14.6. The standard InChI is InChI=1S/C12H25BrO3Si/c1-8-15-11(14)10(13)9(2)16-17(6,7)12(3,4)5/h9-10H,8H2,1-7H3/t9-,10-/m0/s1. The van der Waals surface area contributed by atoms with Crippen LogP contribution in [-0.2, 0) is 14.0 Å². The highest BCUT2D eigenvalue weighted by Gasteiger charge is 2.40. The van der Waals surface area contributed by atoms with E-state index in [1.54, 1.807) is 6.92 Å². The third kappa shape index (κ3) is 5.10. The molecule has 0 aliphatic rings. The summed E-state index contributed by atoms with van der Waals surface area (Å²) in [6.07, 6.45) is -0.171. The number of rotatable bonds is 5. The fraction of sp³-hybridized carbons (Fsp3) is 0.917. The van der Waals surface area contributed by atoms with Gasteiger partial charge < -0.3 is 9.16 Å². The first kappa shape index (κ1) is 17.1. The Labute approximate surface area is 115 Å². The zero-order valence-electron chi connectivity index (χ0n) is 12.0. The van der Waals surface area contributed by atoms with E-state index in [2.05, 4.69) is 49.8 Å². The van der Waals surface area contributed by atoms with Crippen molar-refractivity contribution in [1.82, 2.24) is 0 Å². The topological polar surface area (TPSA) is 35.5 Å². The molecule has 0 rings (SSSR count). The van der Waals surface area contributed by atoms with Gasteiger partial charge in [-0.2, -0.15) is 0 Å². The van der Waals surface area contributed by atoms with Crippen molar-refractivity contribution in [2.75, 3.05) is 6.61 Å². The van der Waals surface area contributed by atoms with Crippen LogP contribution in [0.15, 0.2) is 0 Å². The molecule has 102 valence electrons. The molecule has 0 aromatic carbocycles. The smallest absolute Gasteiger partial charge is 0.322 e. The first-order valence-electron chi connectivity index (χ1n) is 6.01. The molecule has 0 N–H and O–H groups in total. The summed E-state index contributed by atoms with van der Waals surface area (Å²) in [6, 6.07) is 0. The van der Waals surface area contributed by atoms with Crippen molar-refractivity contribution < 1.29 is 14.0 Å². The van der Waals surface area contributed by atoms with Crippen LogP contribution < -0.4 is 0 Å².